The van der Waals surface area contributed by atoms with Crippen LogP contribution in [0.3, 0.4) is 0 Å². The van der Waals surface area contributed by atoms with E-state index in [4.69, 9.17) is 23.4 Å². The highest BCUT2D eigenvalue weighted by Gasteiger charge is 2.64. The first-order valence-electron chi connectivity index (χ1n) is 15.0. The van der Waals surface area contributed by atoms with Gasteiger partial charge in [-0.05, 0) is 47.1 Å². The van der Waals surface area contributed by atoms with Crippen LogP contribution in [0.2, 0.25) is 5.04 Å². The van der Waals surface area contributed by atoms with Gasteiger partial charge in [0.25, 0.3) is 8.32 Å². The van der Waals surface area contributed by atoms with Crippen molar-refractivity contribution in [2.75, 3.05) is 13.2 Å². The van der Waals surface area contributed by atoms with E-state index in [9.17, 15) is 5.11 Å². The van der Waals surface area contributed by atoms with E-state index in [1.54, 1.807) is 0 Å². The fourth-order valence-electron chi connectivity index (χ4n) is 6.74. The van der Waals surface area contributed by atoms with Crippen LogP contribution in [0.25, 0.3) is 10.8 Å². The molecule has 4 aromatic rings. The van der Waals surface area contributed by atoms with Crippen LogP contribution in [0.4, 0.5) is 0 Å². The molecule has 43 heavy (non-hydrogen) atoms. The van der Waals surface area contributed by atoms with Crippen LogP contribution in [0.5, 0.6) is 5.75 Å². The van der Waals surface area contributed by atoms with Crippen molar-refractivity contribution in [3.63, 3.8) is 0 Å². The monoisotopic (exact) mass is 598 g/mol. The van der Waals surface area contributed by atoms with Gasteiger partial charge in [-0.2, -0.15) is 0 Å². The number of hydrogen-bond acceptors (Lipinski definition) is 6. The van der Waals surface area contributed by atoms with Crippen LogP contribution in [0, 0.1) is 6.92 Å². The molecule has 0 saturated carbocycles. The third kappa shape index (κ3) is 5.22. The Hall–Kier alpha value is -3.04. The lowest BCUT2D eigenvalue weighted by molar-refractivity contribution is -0.248. The lowest BCUT2D eigenvalue weighted by Gasteiger charge is -2.45. The molecule has 2 fully saturated rings. The number of fused-ring (bicyclic) bond motifs is 2. The molecule has 2 aliphatic rings. The zero-order valence-corrected chi connectivity index (χ0v) is 26.9. The van der Waals surface area contributed by atoms with Crippen LogP contribution in [-0.2, 0) is 18.6 Å². The van der Waals surface area contributed by atoms with Crippen molar-refractivity contribution in [1.29, 1.82) is 0 Å². The van der Waals surface area contributed by atoms with Crippen LogP contribution in [0.1, 0.15) is 40.2 Å². The number of hydrogen-bond donors (Lipinski definition) is 1. The van der Waals surface area contributed by atoms with Crippen molar-refractivity contribution in [1.82, 2.24) is 0 Å². The van der Waals surface area contributed by atoms with Crippen molar-refractivity contribution in [2.24, 2.45) is 0 Å². The van der Waals surface area contributed by atoms with Crippen molar-refractivity contribution < 1.29 is 28.5 Å². The maximum atomic E-state index is 11.2. The topological polar surface area (TPSA) is 66.4 Å². The number of benzene rings is 4. The normalized spacial score (nSPS) is 25.1. The van der Waals surface area contributed by atoms with E-state index in [0.29, 0.717) is 0 Å². The second-order valence-corrected chi connectivity index (χ2v) is 17.5. The molecule has 2 heterocycles. The van der Waals surface area contributed by atoms with E-state index in [0.717, 1.165) is 32.5 Å². The number of rotatable bonds is 8. The summed E-state index contributed by atoms with van der Waals surface area (Å²) in [6, 6.07) is 33.2. The molecule has 0 unspecified atom stereocenters. The average Bonchev–Trinajstić information content (AvgIpc) is 3.43. The summed E-state index contributed by atoms with van der Waals surface area (Å²) >= 11 is 0. The number of aliphatic hydroxyl groups is 1. The summed E-state index contributed by atoms with van der Waals surface area (Å²) in [5, 5.41) is 15.3. The standard InChI is InChI=1S/C36H42O6Si/c1-25-21-22-26-15-13-14-20-29(26)30(25)39-32-31-33(41-35(5,6)40-31)42-36(32,23-37)24-38-43(34(2,3)4,27-16-9-7-10-17-27)28-18-11-8-12-19-28/h7-22,31-33,37H,23-24H2,1-6H3/t31-,32+,33+,36-/m1/s1. The van der Waals surface area contributed by atoms with E-state index in [1.807, 2.05) is 45.0 Å². The number of aryl methyl sites for hydroxylation is 1. The molecule has 0 radical (unpaired) electrons. The fraction of sp³-hybridized carbons (Fsp3) is 0.389. The van der Waals surface area contributed by atoms with Crippen LogP contribution in [0.15, 0.2) is 97.1 Å². The van der Waals surface area contributed by atoms with Gasteiger partial charge in [0.05, 0.1) is 13.2 Å². The van der Waals surface area contributed by atoms with E-state index in [1.165, 1.54) is 0 Å². The maximum absolute atomic E-state index is 11.2. The Balaban J connectivity index is 1.45. The predicted molar refractivity (Wildman–Crippen MR) is 171 cm³/mol. The summed E-state index contributed by atoms with van der Waals surface area (Å²) in [7, 11) is -2.95. The highest BCUT2D eigenvalue weighted by atomic mass is 28.4. The lowest BCUT2D eigenvalue weighted by Crippen LogP contribution is -2.68. The number of ether oxygens (including phenoxy) is 4. The average molecular weight is 599 g/mol. The molecule has 0 aromatic heterocycles. The summed E-state index contributed by atoms with van der Waals surface area (Å²) in [6.07, 6.45) is -1.99. The molecule has 2 saturated heterocycles. The van der Waals surface area contributed by atoms with Crippen molar-refractivity contribution in [2.45, 2.75) is 76.5 Å². The molecule has 0 amide bonds. The Morgan fingerprint density at radius 3 is 2.00 bits per heavy atom. The van der Waals surface area contributed by atoms with Crippen molar-refractivity contribution in [3.8, 4) is 5.75 Å². The van der Waals surface area contributed by atoms with Gasteiger partial charge in [0.1, 0.15) is 5.75 Å². The number of aliphatic hydroxyl groups excluding tert-OH is 1. The summed E-state index contributed by atoms with van der Waals surface area (Å²) < 4.78 is 33.5. The van der Waals surface area contributed by atoms with Gasteiger partial charge in [-0.15, -0.1) is 0 Å². The third-order valence-electron chi connectivity index (χ3n) is 8.79. The Morgan fingerprint density at radius 1 is 0.791 bits per heavy atom. The fourth-order valence-corrected chi connectivity index (χ4v) is 11.4. The molecule has 2 aliphatic heterocycles. The zero-order valence-electron chi connectivity index (χ0n) is 25.9. The molecule has 0 aliphatic carbocycles. The molecule has 0 bridgehead atoms. The quantitative estimate of drug-likeness (QED) is 0.262. The van der Waals surface area contributed by atoms with Gasteiger partial charge < -0.3 is 28.5 Å². The molecule has 1 N–H and O–H groups in total. The Labute approximate surface area is 255 Å². The molecular formula is C36H42O6Si. The van der Waals surface area contributed by atoms with Crippen molar-refractivity contribution in [3.05, 3.63) is 103 Å². The van der Waals surface area contributed by atoms with Crippen LogP contribution in [-0.4, -0.2) is 56.5 Å². The smallest absolute Gasteiger partial charge is 0.261 e. The van der Waals surface area contributed by atoms with Crippen LogP contribution >= 0.6 is 0 Å². The van der Waals surface area contributed by atoms with E-state index < -0.39 is 38.2 Å². The van der Waals surface area contributed by atoms with Gasteiger partial charge in [0.2, 0.25) is 0 Å². The first kappa shape index (κ1) is 30.0. The highest BCUT2D eigenvalue weighted by molar-refractivity contribution is 6.99. The van der Waals surface area contributed by atoms with Gasteiger partial charge in [-0.1, -0.05) is 118 Å². The van der Waals surface area contributed by atoms with Gasteiger partial charge in [0.15, 0.2) is 29.9 Å². The molecule has 6 nitrogen and oxygen atoms in total. The van der Waals surface area contributed by atoms with Crippen molar-refractivity contribution >= 4 is 29.5 Å². The Bertz CT molecular complexity index is 1530. The SMILES string of the molecule is Cc1ccc2ccccc2c1O[C@H]1[C@H]2OC(C)(C)O[C@H]2O[C@]1(CO)CO[Si](c1ccccc1)(c1ccccc1)C(C)(C)C. The predicted octanol–water partition coefficient (Wildman–Crippen LogP) is 5.71. The Morgan fingerprint density at radius 2 is 1.40 bits per heavy atom. The first-order chi connectivity index (χ1) is 20.5. The largest absolute Gasteiger partial charge is 0.483 e. The molecule has 7 heteroatoms. The molecule has 4 aromatic carbocycles. The minimum Gasteiger partial charge on any atom is -0.483 e. The third-order valence-corrected chi connectivity index (χ3v) is 13.8. The minimum atomic E-state index is -2.95. The Kier molecular flexibility index (Phi) is 7.78. The second-order valence-electron chi connectivity index (χ2n) is 13.2. The summed E-state index contributed by atoms with van der Waals surface area (Å²) in [4.78, 5) is 0. The molecule has 0 spiro atoms. The van der Waals surface area contributed by atoms with E-state index in [-0.39, 0.29) is 18.3 Å². The van der Waals surface area contributed by atoms with Gasteiger partial charge in [-0.3, -0.25) is 0 Å². The summed E-state index contributed by atoms with van der Waals surface area (Å²) in [5.41, 5.74) is -0.262. The summed E-state index contributed by atoms with van der Waals surface area (Å²) in [6.45, 7) is 12.2. The summed E-state index contributed by atoms with van der Waals surface area (Å²) in [5.74, 6) is -0.116. The molecule has 6 rings (SSSR count). The van der Waals surface area contributed by atoms with E-state index in [2.05, 4.69) is 93.6 Å². The second kappa shape index (κ2) is 11.1. The van der Waals surface area contributed by atoms with E-state index >= 15 is 0 Å². The molecular weight excluding hydrogens is 556 g/mol. The minimum absolute atomic E-state index is 0.0887. The van der Waals surface area contributed by atoms with Gasteiger partial charge in [-0.25, -0.2) is 0 Å². The highest BCUT2D eigenvalue weighted by Crippen LogP contribution is 2.46. The van der Waals surface area contributed by atoms with Crippen LogP contribution < -0.4 is 15.1 Å². The zero-order chi connectivity index (χ0) is 30.5. The maximum Gasteiger partial charge on any atom is 0.261 e. The van der Waals surface area contributed by atoms with Gasteiger partial charge in [0, 0.05) is 5.39 Å². The first-order valence-corrected chi connectivity index (χ1v) is 16.9. The van der Waals surface area contributed by atoms with Gasteiger partial charge >= 0.3 is 0 Å². The lowest BCUT2D eigenvalue weighted by atomic mass is 9.96. The molecule has 226 valence electrons. The molecule has 4 atom stereocenters.